The van der Waals surface area contributed by atoms with Crippen molar-refractivity contribution >= 4 is 0 Å². The summed E-state index contributed by atoms with van der Waals surface area (Å²) in [5.74, 6) is -0.178. The summed E-state index contributed by atoms with van der Waals surface area (Å²) in [5, 5.41) is 2.81. The van der Waals surface area contributed by atoms with Crippen LogP contribution in [0.15, 0.2) is 45.7 Å². The van der Waals surface area contributed by atoms with E-state index in [2.05, 4.69) is 57.5 Å². The molecule has 0 spiro atoms. The molecule has 1 aromatic heterocycles. The van der Waals surface area contributed by atoms with Crippen LogP contribution < -0.4 is 22.4 Å². The maximum atomic E-state index is 12.0. The van der Waals surface area contributed by atoms with E-state index in [1.54, 1.807) is 14.2 Å². The van der Waals surface area contributed by atoms with Crippen LogP contribution in [0, 0.1) is 0 Å². The van der Waals surface area contributed by atoms with Crippen molar-refractivity contribution in [2.24, 2.45) is 5.73 Å². The third-order valence-corrected chi connectivity index (χ3v) is 6.23. The van der Waals surface area contributed by atoms with Crippen molar-refractivity contribution in [3.8, 4) is 0 Å². The molecule has 0 unspecified atom stereocenters. The fourth-order valence-electron chi connectivity index (χ4n) is 4.95. The minimum atomic E-state index is -0.748. The van der Waals surface area contributed by atoms with E-state index >= 15 is 0 Å². The Balaban J connectivity index is 1.95. The molecule has 33 heavy (non-hydrogen) atoms. The van der Waals surface area contributed by atoms with E-state index in [0.29, 0.717) is 25.3 Å². The van der Waals surface area contributed by atoms with Crippen molar-refractivity contribution in [1.29, 1.82) is 0 Å². The SMILES string of the molecule is CONCc1ccc2c(c1)CCc1cc(CNOC)ccc1C2(C[C@H](C)N)c1nc(=O)o[nH]1. The van der Waals surface area contributed by atoms with E-state index < -0.39 is 11.2 Å². The number of nitrogens with one attached hydrogen (secondary N) is 3. The van der Waals surface area contributed by atoms with Crippen molar-refractivity contribution in [2.45, 2.75) is 50.7 Å². The number of hydroxylamine groups is 2. The lowest BCUT2D eigenvalue weighted by Crippen LogP contribution is -2.38. The second kappa shape index (κ2) is 9.98. The van der Waals surface area contributed by atoms with Gasteiger partial charge in [0.2, 0.25) is 0 Å². The highest BCUT2D eigenvalue weighted by Gasteiger charge is 2.44. The van der Waals surface area contributed by atoms with Gasteiger partial charge in [0.25, 0.3) is 0 Å². The Morgan fingerprint density at radius 3 is 2.03 bits per heavy atom. The van der Waals surface area contributed by atoms with Crippen molar-refractivity contribution in [3.63, 3.8) is 0 Å². The number of rotatable bonds is 9. The molecule has 9 heteroatoms. The molecule has 0 aliphatic heterocycles. The number of nitrogens with zero attached hydrogens (tertiary/aromatic N) is 1. The number of H-pyrrole nitrogens is 1. The smallest absolute Gasteiger partial charge is 0.328 e. The number of aromatic nitrogens is 2. The van der Waals surface area contributed by atoms with Gasteiger partial charge in [-0.15, -0.1) is 0 Å². The molecule has 2 aromatic carbocycles. The first-order valence-corrected chi connectivity index (χ1v) is 11.1. The molecule has 0 bridgehead atoms. The molecule has 1 aliphatic carbocycles. The predicted octanol–water partition coefficient (Wildman–Crippen LogP) is 1.84. The number of hydrogen-bond donors (Lipinski definition) is 4. The monoisotopic (exact) mass is 453 g/mol. The number of nitrogens with two attached hydrogens (primary N) is 1. The predicted molar refractivity (Wildman–Crippen MR) is 123 cm³/mol. The zero-order chi connectivity index (χ0) is 23.4. The average Bonchev–Trinajstić information content (AvgIpc) is 3.20. The lowest BCUT2D eigenvalue weighted by Gasteiger charge is -2.36. The maximum Gasteiger partial charge on any atom is 0.459 e. The Labute approximate surface area is 192 Å². The summed E-state index contributed by atoms with van der Waals surface area (Å²) in [6, 6.07) is 12.6. The molecule has 9 nitrogen and oxygen atoms in total. The molecule has 0 saturated carbocycles. The second-order valence-corrected chi connectivity index (χ2v) is 8.55. The molecular formula is C24H31N5O4. The molecule has 0 amide bonds. The topological polar surface area (TPSA) is 127 Å². The maximum absolute atomic E-state index is 12.0. The van der Waals surface area contributed by atoms with Gasteiger partial charge in [-0.2, -0.15) is 15.9 Å². The van der Waals surface area contributed by atoms with Crippen LogP contribution in [0.1, 0.15) is 52.5 Å². The van der Waals surface area contributed by atoms with E-state index in [1.807, 2.05) is 6.92 Å². The fourth-order valence-corrected chi connectivity index (χ4v) is 4.95. The lowest BCUT2D eigenvalue weighted by molar-refractivity contribution is 0.0866. The van der Waals surface area contributed by atoms with Crippen molar-refractivity contribution in [1.82, 2.24) is 21.1 Å². The van der Waals surface area contributed by atoms with E-state index in [4.69, 9.17) is 19.9 Å². The number of benzene rings is 2. The van der Waals surface area contributed by atoms with Crippen LogP contribution in [-0.2, 0) is 41.0 Å². The Morgan fingerprint density at radius 1 is 1.06 bits per heavy atom. The Morgan fingerprint density at radius 2 is 1.61 bits per heavy atom. The number of fused-ring (bicyclic) bond motifs is 2. The van der Waals surface area contributed by atoms with Gasteiger partial charge >= 0.3 is 5.76 Å². The van der Waals surface area contributed by atoms with Gasteiger partial charge in [-0.25, -0.2) is 9.95 Å². The van der Waals surface area contributed by atoms with E-state index in [0.717, 1.165) is 35.1 Å². The molecule has 1 atom stereocenters. The Hall–Kier alpha value is -2.82. The summed E-state index contributed by atoms with van der Waals surface area (Å²) < 4.78 is 5.06. The molecule has 1 heterocycles. The number of aryl methyl sites for hydroxylation is 2. The Kier molecular flexibility index (Phi) is 7.06. The zero-order valence-electron chi connectivity index (χ0n) is 19.2. The standard InChI is InChI=1S/C24H31N5O4/c1-15(25)12-24(22-28-23(30)33-29-22)20-8-4-16(13-26-31-2)10-18(20)6-7-19-11-17(14-27-32-3)5-9-21(19)24/h4-5,8-11,15,26-27H,6-7,12-14,25H2,1-3H3,(H,28,29,30)/t15-/m0/s1. The number of aromatic amines is 1. The average molecular weight is 454 g/mol. The normalized spacial score (nSPS) is 15.5. The first kappa shape index (κ1) is 23.3. The second-order valence-electron chi connectivity index (χ2n) is 8.55. The summed E-state index contributed by atoms with van der Waals surface area (Å²) in [7, 11) is 3.20. The third kappa shape index (κ3) is 4.64. The molecule has 3 aromatic rings. The number of hydrogen-bond acceptors (Lipinski definition) is 8. The summed E-state index contributed by atoms with van der Waals surface area (Å²) in [5.41, 5.74) is 18.2. The quantitative estimate of drug-likeness (QED) is 0.362. The largest absolute Gasteiger partial charge is 0.459 e. The van der Waals surface area contributed by atoms with Gasteiger partial charge in [0, 0.05) is 19.1 Å². The third-order valence-electron chi connectivity index (χ3n) is 6.23. The summed E-state index contributed by atoms with van der Waals surface area (Å²) >= 11 is 0. The van der Waals surface area contributed by atoms with Crippen LogP contribution in [0.4, 0.5) is 0 Å². The van der Waals surface area contributed by atoms with Gasteiger partial charge in [-0.05, 0) is 59.6 Å². The van der Waals surface area contributed by atoms with Crippen molar-refractivity contribution in [3.05, 3.63) is 86.2 Å². The van der Waals surface area contributed by atoms with Crippen LogP contribution in [0.2, 0.25) is 0 Å². The summed E-state index contributed by atoms with van der Waals surface area (Å²) in [6.45, 7) is 3.15. The van der Waals surface area contributed by atoms with E-state index in [9.17, 15) is 4.79 Å². The lowest BCUT2D eigenvalue weighted by atomic mass is 9.68. The zero-order valence-corrected chi connectivity index (χ0v) is 19.2. The summed E-state index contributed by atoms with van der Waals surface area (Å²) in [6.07, 6.45) is 2.24. The molecule has 0 saturated heterocycles. The molecule has 1 aliphatic rings. The van der Waals surface area contributed by atoms with Gasteiger partial charge in [0.15, 0.2) is 5.82 Å². The van der Waals surface area contributed by atoms with Gasteiger partial charge < -0.3 is 19.9 Å². The van der Waals surface area contributed by atoms with Gasteiger partial charge in [0.05, 0.1) is 19.6 Å². The fraction of sp³-hybridized carbons (Fsp3) is 0.417. The van der Waals surface area contributed by atoms with Crippen LogP contribution in [0.3, 0.4) is 0 Å². The molecule has 0 fully saturated rings. The highest BCUT2D eigenvalue weighted by molar-refractivity contribution is 5.56. The molecule has 176 valence electrons. The van der Waals surface area contributed by atoms with E-state index in [-0.39, 0.29) is 6.04 Å². The first-order valence-electron chi connectivity index (χ1n) is 11.1. The molecule has 4 rings (SSSR count). The van der Waals surface area contributed by atoms with E-state index in [1.165, 1.54) is 11.1 Å². The van der Waals surface area contributed by atoms with Crippen LogP contribution in [-0.4, -0.2) is 30.4 Å². The molecular weight excluding hydrogens is 422 g/mol. The van der Waals surface area contributed by atoms with Gasteiger partial charge in [0.1, 0.15) is 0 Å². The molecule has 0 radical (unpaired) electrons. The highest BCUT2D eigenvalue weighted by atomic mass is 16.6. The minimum Gasteiger partial charge on any atom is -0.328 e. The van der Waals surface area contributed by atoms with Crippen LogP contribution >= 0.6 is 0 Å². The van der Waals surface area contributed by atoms with Gasteiger partial charge in [-0.1, -0.05) is 36.4 Å². The van der Waals surface area contributed by atoms with Crippen molar-refractivity contribution < 1.29 is 14.2 Å². The van der Waals surface area contributed by atoms with Crippen molar-refractivity contribution in [2.75, 3.05) is 14.2 Å². The Bertz CT molecular complexity index is 1090. The van der Waals surface area contributed by atoms with Crippen LogP contribution in [0.5, 0.6) is 0 Å². The summed E-state index contributed by atoms with van der Waals surface area (Å²) in [4.78, 5) is 26.3. The van der Waals surface area contributed by atoms with Crippen LogP contribution in [0.25, 0.3) is 0 Å². The minimum absolute atomic E-state index is 0.159. The highest BCUT2D eigenvalue weighted by Crippen LogP contribution is 2.46. The van der Waals surface area contributed by atoms with Gasteiger partial charge in [-0.3, -0.25) is 0 Å². The first-order chi connectivity index (χ1) is 16.0. The molecule has 5 N–H and O–H groups in total.